The number of hydrogen-bond donors (Lipinski definition) is 1. The Labute approximate surface area is 190 Å². The highest BCUT2D eigenvalue weighted by molar-refractivity contribution is 7.54. The molecule has 1 aromatic heterocycles. The van der Waals surface area contributed by atoms with Gasteiger partial charge in [-0.25, -0.2) is 14.4 Å². The third kappa shape index (κ3) is 11.5. The number of ether oxygens (including phenoxy) is 4. The lowest BCUT2D eigenvalue weighted by Gasteiger charge is -2.17. The molecule has 0 fully saturated rings. The van der Waals surface area contributed by atoms with Gasteiger partial charge in [0, 0.05) is 18.3 Å². The van der Waals surface area contributed by atoms with Crippen LogP contribution in [0.3, 0.4) is 0 Å². The number of aryl methyl sites for hydroxylation is 1. The predicted octanol–water partition coefficient (Wildman–Crippen LogP) is 2.67. The zero-order chi connectivity index (χ0) is 25.0. The van der Waals surface area contributed by atoms with Gasteiger partial charge in [0.2, 0.25) is 13.6 Å². The van der Waals surface area contributed by atoms with E-state index in [1.807, 2.05) is 0 Å². The molecule has 0 aliphatic carbocycles. The fourth-order valence-electron chi connectivity index (χ4n) is 2.05. The maximum Gasteiger partial charge on any atom is 0.510 e. The Hall–Kier alpha value is -2.89. The highest BCUT2D eigenvalue weighted by atomic mass is 31.2. The first-order valence-corrected chi connectivity index (χ1v) is 11.6. The Morgan fingerprint density at radius 3 is 2.00 bits per heavy atom. The number of aromatic nitrogens is 2. The van der Waals surface area contributed by atoms with Crippen molar-refractivity contribution in [3.63, 3.8) is 0 Å². The normalized spacial score (nSPS) is 11.7. The molecule has 1 heterocycles. The van der Waals surface area contributed by atoms with E-state index in [1.54, 1.807) is 34.6 Å². The molecule has 33 heavy (non-hydrogen) atoms. The van der Waals surface area contributed by atoms with Crippen LogP contribution in [0.2, 0.25) is 0 Å². The summed E-state index contributed by atoms with van der Waals surface area (Å²) < 4.78 is 43.2. The zero-order valence-corrected chi connectivity index (χ0v) is 20.0. The number of rotatable bonds is 12. The summed E-state index contributed by atoms with van der Waals surface area (Å²) in [5, 5.41) is 0. The zero-order valence-electron chi connectivity index (χ0n) is 19.1. The summed E-state index contributed by atoms with van der Waals surface area (Å²) in [7, 11) is -3.95. The monoisotopic (exact) mass is 492 g/mol. The number of nitrogens with one attached hydrogen (secondary N) is 1. The molecule has 0 aliphatic rings. The van der Waals surface area contributed by atoms with Crippen molar-refractivity contribution in [2.45, 2.75) is 53.4 Å². The largest absolute Gasteiger partial charge is 0.510 e. The third-order valence-corrected chi connectivity index (χ3v) is 5.16. The standard InChI is InChI=1S/C19H29N2O11P/c1-13(2)31-18(24)27-11-29-33(26,30-12-28-19(25)32-14(3)4)9-7-6-8-21-10-15(5)16(22)20-17(21)23/h6-7,10,13-14H,8-9,11-12H2,1-5H3,(H,20,22,23)/b7-6+. The first-order chi connectivity index (χ1) is 15.4. The van der Waals surface area contributed by atoms with Crippen molar-refractivity contribution in [3.8, 4) is 0 Å². The van der Waals surface area contributed by atoms with Gasteiger partial charge in [-0.2, -0.15) is 0 Å². The lowest BCUT2D eigenvalue weighted by molar-refractivity contribution is -0.0298. The average Bonchev–Trinajstić information content (AvgIpc) is 2.67. The average molecular weight is 492 g/mol. The highest BCUT2D eigenvalue weighted by Crippen LogP contribution is 2.48. The lowest BCUT2D eigenvalue weighted by Crippen LogP contribution is -2.30. The molecule has 1 N–H and O–H groups in total. The Morgan fingerprint density at radius 1 is 1.00 bits per heavy atom. The van der Waals surface area contributed by atoms with Crippen molar-refractivity contribution in [1.82, 2.24) is 9.55 Å². The summed E-state index contributed by atoms with van der Waals surface area (Å²) in [5.41, 5.74) is -0.755. The molecule has 0 atom stereocenters. The summed E-state index contributed by atoms with van der Waals surface area (Å²) >= 11 is 0. The maximum absolute atomic E-state index is 12.9. The van der Waals surface area contributed by atoms with Gasteiger partial charge in [-0.3, -0.25) is 28.0 Å². The summed E-state index contributed by atoms with van der Waals surface area (Å²) in [6.07, 6.45) is 1.03. The van der Waals surface area contributed by atoms with Crippen LogP contribution in [-0.4, -0.2) is 53.8 Å². The van der Waals surface area contributed by atoms with Crippen LogP contribution in [0.1, 0.15) is 33.3 Å². The smallest absolute Gasteiger partial charge is 0.432 e. The minimum Gasteiger partial charge on any atom is -0.432 e. The number of nitrogens with zero attached hydrogens (tertiary/aromatic N) is 1. The molecule has 0 amide bonds. The second-order valence-electron chi connectivity index (χ2n) is 7.10. The van der Waals surface area contributed by atoms with Crippen LogP contribution in [0.15, 0.2) is 27.9 Å². The SMILES string of the molecule is Cc1cn(C/C=C/CP(=O)(OCOC(=O)OC(C)C)OCOC(=O)OC(C)C)c(=O)[nH]c1=O. The quantitative estimate of drug-likeness (QED) is 0.198. The molecule has 0 aromatic carbocycles. The molecule has 13 nitrogen and oxygen atoms in total. The first-order valence-electron chi connectivity index (χ1n) is 9.92. The van der Waals surface area contributed by atoms with Gasteiger partial charge >= 0.3 is 25.6 Å². The minimum atomic E-state index is -3.95. The van der Waals surface area contributed by atoms with E-state index < -0.39 is 56.9 Å². The third-order valence-electron chi connectivity index (χ3n) is 3.50. The van der Waals surface area contributed by atoms with Crippen LogP contribution < -0.4 is 11.2 Å². The molecule has 0 saturated heterocycles. The van der Waals surface area contributed by atoms with Crippen molar-refractivity contribution in [1.29, 1.82) is 0 Å². The molecule has 0 spiro atoms. The molecule has 0 saturated carbocycles. The maximum atomic E-state index is 12.9. The van der Waals surface area contributed by atoms with Crippen LogP contribution in [0.25, 0.3) is 0 Å². The molecule has 0 unspecified atom stereocenters. The number of allylic oxidation sites excluding steroid dienone is 2. The Kier molecular flexibility index (Phi) is 11.6. The van der Waals surface area contributed by atoms with Crippen LogP contribution in [0, 0.1) is 6.92 Å². The van der Waals surface area contributed by atoms with Crippen LogP contribution in [-0.2, 0) is 39.1 Å². The fraction of sp³-hybridized carbons (Fsp3) is 0.579. The number of hydrogen-bond acceptors (Lipinski definition) is 11. The predicted molar refractivity (Wildman–Crippen MR) is 115 cm³/mol. The van der Waals surface area contributed by atoms with E-state index >= 15 is 0 Å². The molecular weight excluding hydrogens is 463 g/mol. The molecule has 0 radical (unpaired) electrons. The first kappa shape index (κ1) is 28.1. The van der Waals surface area contributed by atoms with Gasteiger partial charge < -0.3 is 18.9 Å². The molecule has 1 rings (SSSR count). The topological polar surface area (TPSA) is 161 Å². The van der Waals surface area contributed by atoms with Crippen LogP contribution in [0.5, 0.6) is 0 Å². The van der Waals surface area contributed by atoms with E-state index in [2.05, 4.69) is 14.5 Å². The Balaban J connectivity index is 2.74. The van der Waals surface area contributed by atoms with Gasteiger partial charge in [0.15, 0.2) is 0 Å². The van der Waals surface area contributed by atoms with Gasteiger partial charge in [-0.1, -0.05) is 12.2 Å². The van der Waals surface area contributed by atoms with Gasteiger partial charge in [0.05, 0.1) is 18.4 Å². The van der Waals surface area contributed by atoms with E-state index in [9.17, 15) is 23.7 Å². The van der Waals surface area contributed by atoms with Gasteiger partial charge in [0.1, 0.15) is 0 Å². The molecule has 186 valence electrons. The van der Waals surface area contributed by atoms with E-state index in [-0.39, 0.29) is 12.7 Å². The number of aromatic amines is 1. The van der Waals surface area contributed by atoms with Crippen LogP contribution in [0.4, 0.5) is 9.59 Å². The van der Waals surface area contributed by atoms with Crippen molar-refractivity contribution in [2.75, 3.05) is 19.7 Å². The van der Waals surface area contributed by atoms with Crippen molar-refractivity contribution in [3.05, 3.63) is 44.8 Å². The Bertz CT molecular complexity index is 949. The van der Waals surface area contributed by atoms with E-state index in [4.69, 9.17) is 18.5 Å². The fourth-order valence-corrected chi connectivity index (χ4v) is 3.17. The summed E-state index contributed by atoms with van der Waals surface area (Å²) in [5.74, 6) is 0. The number of H-pyrrole nitrogens is 1. The van der Waals surface area contributed by atoms with Crippen molar-refractivity contribution in [2.24, 2.45) is 0 Å². The second kappa shape index (κ2) is 13.6. The molecule has 14 heteroatoms. The van der Waals surface area contributed by atoms with Crippen molar-refractivity contribution < 1.29 is 42.1 Å². The van der Waals surface area contributed by atoms with Crippen molar-refractivity contribution >= 4 is 19.9 Å². The van der Waals surface area contributed by atoms with Gasteiger partial charge in [-0.15, -0.1) is 0 Å². The molecule has 1 aromatic rings. The van der Waals surface area contributed by atoms with Crippen LogP contribution >= 0.6 is 7.60 Å². The summed E-state index contributed by atoms with van der Waals surface area (Å²) in [4.78, 5) is 48.2. The molecule has 0 aliphatic heterocycles. The van der Waals surface area contributed by atoms with E-state index in [0.717, 1.165) is 0 Å². The summed E-state index contributed by atoms with van der Waals surface area (Å²) in [6, 6.07) is 0. The second-order valence-corrected chi connectivity index (χ2v) is 9.21. The highest BCUT2D eigenvalue weighted by Gasteiger charge is 2.25. The lowest BCUT2D eigenvalue weighted by atomic mass is 10.4. The van der Waals surface area contributed by atoms with Gasteiger partial charge in [0.25, 0.3) is 5.56 Å². The Morgan fingerprint density at radius 2 is 1.52 bits per heavy atom. The number of carbonyl (C=O) groups excluding carboxylic acids is 2. The minimum absolute atomic E-state index is 0.0604. The summed E-state index contributed by atoms with van der Waals surface area (Å²) in [6.45, 7) is 6.58. The molecular formula is C19H29N2O11P. The van der Waals surface area contributed by atoms with E-state index in [1.165, 1.54) is 22.9 Å². The number of carbonyl (C=O) groups is 2. The van der Waals surface area contributed by atoms with Gasteiger partial charge in [-0.05, 0) is 34.6 Å². The molecule has 0 bridgehead atoms. The van der Waals surface area contributed by atoms with E-state index in [0.29, 0.717) is 5.56 Å².